The van der Waals surface area contributed by atoms with Gasteiger partial charge in [-0.3, -0.25) is 0 Å². The van der Waals surface area contributed by atoms with Crippen molar-refractivity contribution in [2.75, 3.05) is 0 Å². The van der Waals surface area contributed by atoms with E-state index < -0.39 is 0 Å². The lowest BCUT2D eigenvalue weighted by Gasteiger charge is -2.21. The average Bonchev–Trinajstić information content (AvgIpc) is 2.72. The van der Waals surface area contributed by atoms with Crippen LogP contribution in [0.5, 0.6) is 0 Å². The van der Waals surface area contributed by atoms with Crippen molar-refractivity contribution in [2.45, 2.75) is 32.9 Å². The minimum absolute atomic E-state index is 0.117. The molecule has 0 spiro atoms. The highest BCUT2D eigenvalue weighted by molar-refractivity contribution is 14.1. The summed E-state index contributed by atoms with van der Waals surface area (Å²) in [5.41, 5.74) is 2.51. The van der Waals surface area contributed by atoms with Gasteiger partial charge in [-0.25, -0.2) is 4.68 Å². The van der Waals surface area contributed by atoms with Crippen LogP contribution in [0, 0.1) is 3.57 Å². The Hall–Kier alpha value is -0.880. The van der Waals surface area contributed by atoms with Gasteiger partial charge in [-0.15, -0.1) is 0 Å². The maximum atomic E-state index is 4.37. The molecule has 0 unspecified atom stereocenters. The van der Waals surface area contributed by atoms with Crippen LogP contribution < -0.4 is 5.32 Å². The second-order valence-electron chi connectivity index (χ2n) is 5.34. The first kappa shape index (κ1) is 13.5. The number of rotatable bonds is 3. The van der Waals surface area contributed by atoms with E-state index in [1.165, 1.54) is 5.56 Å². The van der Waals surface area contributed by atoms with Crippen molar-refractivity contribution in [3.05, 3.63) is 45.8 Å². The number of aromatic nitrogens is 2. The highest BCUT2D eigenvalue weighted by Gasteiger charge is 2.11. The van der Waals surface area contributed by atoms with E-state index in [0.717, 1.165) is 15.8 Å². The van der Waals surface area contributed by atoms with E-state index >= 15 is 0 Å². The van der Waals surface area contributed by atoms with E-state index in [4.69, 9.17) is 0 Å². The minimum Gasteiger partial charge on any atom is -0.308 e. The van der Waals surface area contributed by atoms with Gasteiger partial charge in [0.05, 0.1) is 15.5 Å². The quantitative estimate of drug-likeness (QED) is 0.856. The van der Waals surface area contributed by atoms with E-state index in [0.29, 0.717) is 0 Å². The molecular weight excluding hydrogens is 337 g/mol. The Morgan fingerprint density at radius 3 is 2.61 bits per heavy atom. The fraction of sp³-hybridized carbons (Fsp3) is 0.357. The zero-order valence-electron chi connectivity index (χ0n) is 10.9. The van der Waals surface area contributed by atoms with Crippen LogP contribution in [0.3, 0.4) is 0 Å². The second-order valence-corrected chi connectivity index (χ2v) is 6.58. The van der Waals surface area contributed by atoms with Crippen LogP contribution in [-0.2, 0) is 6.54 Å². The van der Waals surface area contributed by atoms with Crippen LogP contribution >= 0.6 is 22.6 Å². The van der Waals surface area contributed by atoms with E-state index in [2.05, 4.69) is 72.0 Å². The van der Waals surface area contributed by atoms with Crippen molar-refractivity contribution in [2.24, 2.45) is 0 Å². The van der Waals surface area contributed by atoms with Crippen molar-refractivity contribution in [3.8, 4) is 5.69 Å². The van der Waals surface area contributed by atoms with Gasteiger partial charge in [-0.05, 0) is 55.0 Å². The summed E-state index contributed by atoms with van der Waals surface area (Å²) in [6.07, 6.45) is 3.91. The molecule has 0 bridgehead atoms. The minimum atomic E-state index is 0.117. The Kier molecular flexibility index (Phi) is 4.07. The SMILES string of the molecule is CC(C)(C)NCc1ccccc1-n1cc(I)cn1. The Balaban J connectivity index is 2.26. The van der Waals surface area contributed by atoms with Gasteiger partial charge in [0.1, 0.15) is 0 Å². The summed E-state index contributed by atoms with van der Waals surface area (Å²) in [6, 6.07) is 8.35. The highest BCUT2D eigenvalue weighted by atomic mass is 127. The van der Waals surface area contributed by atoms with Gasteiger partial charge in [0, 0.05) is 18.3 Å². The molecular formula is C14H18IN3. The highest BCUT2D eigenvalue weighted by Crippen LogP contribution is 2.16. The molecule has 0 aliphatic carbocycles. The van der Waals surface area contributed by atoms with Crippen LogP contribution in [0.2, 0.25) is 0 Å². The Bertz CT molecular complexity index is 526. The zero-order chi connectivity index (χ0) is 13.2. The van der Waals surface area contributed by atoms with Gasteiger partial charge >= 0.3 is 0 Å². The van der Waals surface area contributed by atoms with Gasteiger partial charge in [0.25, 0.3) is 0 Å². The average molecular weight is 355 g/mol. The molecule has 1 heterocycles. The standard InChI is InChI=1S/C14H18IN3/c1-14(2,3)16-8-11-6-4-5-7-13(11)18-10-12(15)9-17-18/h4-7,9-10,16H,8H2,1-3H3. The third kappa shape index (κ3) is 3.55. The van der Waals surface area contributed by atoms with Crippen LogP contribution in [0.1, 0.15) is 26.3 Å². The van der Waals surface area contributed by atoms with E-state index in [1.807, 2.05) is 23.1 Å². The Morgan fingerprint density at radius 1 is 1.28 bits per heavy atom. The molecule has 0 aliphatic rings. The maximum absolute atomic E-state index is 4.37. The van der Waals surface area contributed by atoms with Crippen LogP contribution in [0.25, 0.3) is 5.69 Å². The molecule has 1 aromatic carbocycles. The number of nitrogens with zero attached hydrogens (tertiary/aromatic N) is 2. The Morgan fingerprint density at radius 2 is 2.00 bits per heavy atom. The third-order valence-corrected chi connectivity index (χ3v) is 3.16. The summed E-state index contributed by atoms with van der Waals surface area (Å²) in [7, 11) is 0. The molecule has 4 heteroatoms. The molecule has 1 N–H and O–H groups in total. The maximum Gasteiger partial charge on any atom is 0.0690 e. The van der Waals surface area contributed by atoms with E-state index in [1.54, 1.807) is 0 Å². The Labute approximate surface area is 122 Å². The smallest absolute Gasteiger partial charge is 0.0690 e. The summed E-state index contributed by atoms with van der Waals surface area (Å²) in [6.45, 7) is 7.36. The number of benzene rings is 1. The number of nitrogens with one attached hydrogen (secondary N) is 1. The molecule has 96 valence electrons. The molecule has 3 nitrogen and oxygen atoms in total. The van der Waals surface area contributed by atoms with Crippen LogP contribution in [0.4, 0.5) is 0 Å². The number of para-hydroxylation sites is 1. The first-order chi connectivity index (χ1) is 8.46. The van der Waals surface area contributed by atoms with Gasteiger partial charge in [0.15, 0.2) is 0 Å². The van der Waals surface area contributed by atoms with E-state index in [9.17, 15) is 0 Å². The monoisotopic (exact) mass is 355 g/mol. The largest absolute Gasteiger partial charge is 0.308 e. The molecule has 2 rings (SSSR count). The molecule has 0 fully saturated rings. The predicted molar refractivity (Wildman–Crippen MR) is 82.9 cm³/mol. The third-order valence-electron chi connectivity index (χ3n) is 2.60. The molecule has 0 radical (unpaired) electrons. The van der Waals surface area contributed by atoms with Crippen molar-refractivity contribution in [3.63, 3.8) is 0 Å². The first-order valence-corrected chi connectivity index (χ1v) is 7.07. The van der Waals surface area contributed by atoms with Gasteiger partial charge in [0.2, 0.25) is 0 Å². The van der Waals surface area contributed by atoms with Crippen LogP contribution in [-0.4, -0.2) is 15.3 Å². The van der Waals surface area contributed by atoms with Crippen molar-refractivity contribution >= 4 is 22.6 Å². The number of hydrogen-bond donors (Lipinski definition) is 1. The summed E-state index contributed by atoms with van der Waals surface area (Å²) < 4.78 is 3.08. The molecule has 0 saturated heterocycles. The number of hydrogen-bond acceptors (Lipinski definition) is 2. The lowest BCUT2D eigenvalue weighted by Crippen LogP contribution is -2.35. The van der Waals surface area contributed by atoms with Crippen molar-refractivity contribution in [1.82, 2.24) is 15.1 Å². The van der Waals surface area contributed by atoms with E-state index in [-0.39, 0.29) is 5.54 Å². The molecule has 0 amide bonds. The summed E-state index contributed by atoms with van der Waals surface area (Å²) >= 11 is 2.27. The van der Waals surface area contributed by atoms with Crippen LogP contribution in [0.15, 0.2) is 36.7 Å². The normalized spacial score (nSPS) is 11.8. The van der Waals surface area contributed by atoms with Gasteiger partial charge < -0.3 is 5.32 Å². The topological polar surface area (TPSA) is 29.9 Å². The predicted octanol–water partition coefficient (Wildman–Crippen LogP) is 3.37. The summed E-state index contributed by atoms with van der Waals surface area (Å²) in [4.78, 5) is 0. The van der Waals surface area contributed by atoms with Crippen molar-refractivity contribution < 1.29 is 0 Å². The van der Waals surface area contributed by atoms with Crippen molar-refractivity contribution in [1.29, 1.82) is 0 Å². The number of halogens is 1. The fourth-order valence-corrected chi connectivity index (χ4v) is 2.07. The second kappa shape index (κ2) is 5.40. The molecule has 18 heavy (non-hydrogen) atoms. The molecule has 2 aromatic rings. The molecule has 0 atom stereocenters. The molecule has 0 saturated carbocycles. The van der Waals surface area contributed by atoms with Gasteiger partial charge in [-0.1, -0.05) is 18.2 Å². The lowest BCUT2D eigenvalue weighted by atomic mass is 10.1. The molecule has 1 aromatic heterocycles. The first-order valence-electron chi connectivity index (χ1n) is 5.99. The van der Waals surface area contributed by atoms with Gasteiger partial charge in [-0.2, -0.15) is 5.10 Å². The molecule has 0 aliphatic heterocycles. The lowest BCUT2D eigenvalue weighted by molar-refractivity contribution is 0.424. The zero-order valence-corrected chi connectivity index (χ0v) is 13.1. The summed E-state index contributed by atoms with van der Waals surface area (Å²) in [5.74, 6) is 0. The fourth-order valence-electron chi connectivity index (χ4n) is 1.68. The summed E-state index contributed by atoms with van der Waals surface area (Å²) in [5, 5.41) is 7.88.